The summed E-state index contributed by atoms with van der Waals surface area (Å²) in [5.41, 5.74) is 0.0959. The standard InChI is InChI=1S/C14H18N2O4/c1-15-13(19)11-4-2-3-7-16(11)14(20)10-6-5-9(17)8-12(10)18/h5-6,8,11,17-18H,2-4,7H2,1H3,(H,15,19). The number of amides is 2. The van der Waals surface area contributed by atoms with Crippen LogP contribution < -0.4 is 5.32 Å². The summed E-state index contributed by atoms with van der Waals surface area (Å²) in [4.78, 5) is 25.8. The zero-order chi connectivity index (χ0) is 14.7. The minimum Gasteiger partial charge on any atom is -0.508 e. The first kappa shape index (κ1) is 14.2. The van der Waals surface area contributed by atoms with Crippen LogP contribution in [0.1, 0.15) is 29.6 Å². The van der Waals surface area contributed by atoms with Gasteiger partial charge in [-0.1, -0.05) is 0 Å². The van der Waals surface area contributed by atoms with Crippen LogP contribution in [-0.2, 0) is 4.79 Å². The maximum Gasteiger partial charge on any atom is 0.258 e. The lowest BCUT2D eigenvalue weighted by molar-refractivity contribution is -0.126. The van der Waals surface area contributed by atoms with Gasteiger partial charge in [0.25, 0.3) is 5.91 Å². The number of likely N-dealkylation sites (N-methyl/N-ethyl adjacent to an activating group) is 1. The number of hydrogen-bond acceptors (Lipinski definition) is 4. The number of aromatic hydroxyl groups is 2. The highest BCUT2D eigenvalue weighted by molar-refractivity contribution is 5.99. The summed E-state index contributed by atoms with van der Waals surface area (Å²) in [6.45, 7) is 0.483. The number of likely N-dealkylation sites (tertiary alicyclic amines) is 1. The molecule has 0 spiro atoms. The number of nitrogens with one attached hydrogen (secondary N) is 1. The number of nitrogens with zero attached hydrogens (tertiary/aromatic N) is 1. The van der Waals surface area contributed by atoms with Crippen molar-refractivity contribution in [3.63, 3.8) is 0 Å². The van der Waals surface area contributed by atoms with Crippen molar-refractivity contribution in [2.75, 3.05) is 13.6 Å². The molecule has 1 aromatic rings. The van der Waals surface area contributed by atoms with Crippen LogP contribution in [0.25, 0.3) is 0 Å². The number of phenolic OH excluding ortho intramolecular Hbond substituents is 2. The van der Waals surface area contributed by atoms with Crippen LogP contribution in [0.3, 0.4) is 0 Å². The molecule has 1 unspecified atom stereocenters. The molecule has 0 aliphatic carbocycles. The van der Waals surface area contributed by atoms with Crippen LogP contribution in [0, 0.1) is 0 Å². The Balaban J connectivity index is 2.27. The van der Waals surface area contributed by atoms with E-state index in [1.807, 2.05) is 0 Å². The minimum atomic E-state index is -0.505. The highest BCUT2D eigenvalue weighted by atomic mass is 16.3. The summed E-state index contributed by atoms with van der Waals surface area (Å²) < 4.78 is 0. The van der Waals surface area contributed by atoms with Crippen molar-refractivity contribution in [2.45, 2.75) is 25.3 Å². The molecule has 2 amide bonds. The van der Waals surface area contributed by atoms with Gasteiger partial charge < -0.3 is 20.4 Å². The third-order valence-corrected chi connectivity index (χ3v) is 3.52. The minimum absolute atomic E-state index is 0.0959. The van der Waals surface area contributed by atoms with E-state index in [0.29, 0.717) is 13.0 Å². The van der Waals surface area contributed by atoms with E-state index >= 15 is 0 Å². The molecule has 1 aromatic carbocycles. The molecule has 20 heavy (non-hydrogen) atoms. The molecule has 1 fully saturated rings. The van der Waals surface area contributed by atoms with Gasteiger partial charge in [-0.15, -0.1) is 0 Å². The molecule has 0 aromatic heterocycles. The monoisotopic (exact) mass is 278 g/mol. The van der Waals surface area contributed by atoms with Crippen LogP contribution in [0.5, 0.6) is 11.5 Å². The Hall–Kier alpha value is -2.24. The average molecular weight is 278 g/mol. The third-order valence-electron chi connectivity index (χ3n) is 3.52. The van der Waals surface area contributed by atoms with Gasteiger partial charge in [-0.25, -0.2) is 0 Å². The highest BCUT2D eigenvalue weighted by Gasteiger charge is 2.32. The molecule has 1 aliphatic rings. The van der Waals surface area contributed by atoms with Crippen molar-refractivity contribution in [3.05, 3.63) is 23.8 Å². The van der Waals surface area contributed by atoms with Crippen molar-refractivity contribution < 1.29 is 19.8 Å². The quantitative estimate of drug-likeness (QED) is 0.747. The first-order valence-electron chi connectivity index (χ1n) is 6.59. The van der Waals surface area contributed by atoms with Crippen LogP contribution in [0.15, 0.2) is 18.2 Å². The Kier molecular flexibility index (Phi) is 4.12. The van der Waals surface area contributed by atoms with E-state index in [-0.39, 0.29) is 23.0 Å². The second kappa shape index (κ2) is 5.81. The Morgan fingerprint density at radius 1 is 1.30 bits per heavy atom. The van der Waals surface area contributed by atoms with Crippen molar-refractivity contribution in [1.29, 1.82) is 0 Å². The number of rotatable bonds is 2. The number of hydrogen-bond donors (Lipinski definition) is 3. The van der Waals surface area contributed by atoms with Gasteiger partial charge >= 0.3 is 0 Å². The lowest BCUT2D eigenvalue weighted by atomic mass is 10.00. The van der Waals surface area contributed by atoms with Gasteiger partial charge in [0.15, 0.2) is 0 Å². The van der Waals surface area contributed by atoms with Crippen LogP contribution in [-0.4, -0.2) is 46.6 Å². The van der Waals surface area contributed by atoms with E-state index < -0.39 is 11.9 Å². The largest absolute Gasteiger partial charge is 0.508 e. The predicted molar refractivity (Wildman–Crippen MR) is 72.5 cm³/mol. The number of piperidine rings is 1. The van der Waals surface area contributed by atoms with Crippen LogP contribution in [0.4, 0.5) is 0 Å². The summed E-state index contributed by atoms with van der Waals surface area (Å²) in [7, 11) is 1.54. The fourth-order valence-corrected chi connectivity index (χ4v) is 2.47. The van der Waals surface area contributed by atoms with Crippen molar-refractivity contribution >= 4 is 11.8 Å². The maximum atomic E-state index is 12.5. The highest BCUT2D eigenvalue weighted by Crippen LogP contribution is 2.26. The first-order chi connectivity index (χ1) is 9.54. The topological polar surface area (TPSA) is 89.9 Å². The summed E-state index contributed by atoms with van der Waals surface area (Å²) in [6, 6.07) is 3.31. The first-order valence-corrected chi connectivity index (χ1v) is 6.59. The molecule has 1 atom stereocenters. The van der Waals surface area contributed by atoms with E-state index in [0.717, 1.165) is 18.9 Å². The summed E-state index contributed by atoms with van der Waals surface area (Å²) in [5, 5.41) is 21.6. The van der Waals surface area contributed by atoms with Gasteiger partial charge in [0.1, 0.15) is 17.5 Å². The molecule has 1 saturated heterocycles. The Morgan fingerprint density at radius 2 is 2.05 bits per heavy atom. The van der Waals surface area contributed by atoms with Gasteiger partial charge in [0.2, 0.25) is 5.91 Å². The van der Waals surface area contributed by atoms with Crippen molar-refractivity contribution in [3.8, 4) is 11.5 Å². The molecular weight excluding hydrogens is 260 g/mol. The Labute approximate surface area is 117 Å². The molecule has 0 radical (unpaired) electrons. The smallest absolute Gasteiger partial charge is 0.258 e. The average Bonchev–Trinajstić information content (AvgIpc) is 2.46. The number of carbonyl (C=O) groups excluding carboxylic acids is 2. The molecule has 0 bridgehead atoms. The Morgan fingerprint density at radius 3 is 2.70 bits per heavy atom. The second-order valence-electron chi connectivity index (χ2n) is 4.83. The summed E-state index contributed by atoms with van der Waals surface area (Å²) in [6.07, 6.45) is 2.34. The predicted octanol–water partition coefficient (Wildman–Crippen LogP) is 0.838. The fraction of sp³-hybridized carbons (Fsp3) is 0.429. The SMILES string of the molecule is CNC(=O)C1CCCCN1C(=O)c1ccc(O)cc1O. The number of benzene rings is 1. The molecule has 1 aliphatic heterocycles. The maximum absolute atomic E-state index is 12.5. The Bertz CT molecular complexity index is 530. The number of phenols is 2. The summed E-state index contributed by atoms with van der Waals surface area (Å²) >= 11 is 0. The molecule has 2 rings (SSSR count). The van der Waals surface area contributed by atoms with Crippen molar-refractivity contribution in [2.24, 2.45) is 0 Å². The zero-order valence-corrected chi connectivity index (χ0v) is 11.3. The molecule has 1 heterocycles. The van der Waals surface area contributed by atoms with Crippen LogP contribution in [0.2, 0.25) is 0 Å². The molecule has 3 N–H and O–H groups in total. The molecular formula is C14H18N2O4. The normalized spacial score (nSPS) is 18.6. The van der Waals surface area contributed by atoms with Gasteiger partial charge in [0, 0.05) is 19.7 Å². The second-order valence-corrected chi connectivity index (χ2v) is 4.83. The molecule has 0 saturated carbocycles. The van der Waals surface area contributed by atoms with Gasteiger partial charge in [-0.2, -0.15) is 0 Å². The van der Waals surface area contributed by atoms with E-state index in [1.54, 1.807) is 0 Å². The van der Waals surface area contributed by atoms with E-state index in [9.17, 15) is 19.8 Å². The third kappa shape index (κ3) is 2.68. The van der Waals surface area contributed by atoms with Gasteiger partial charge in [-0.3, -0.25) is 9.59 Å². The zero-order valence-electron chi connectivity index (χ0n) is 11.3. The van der Waals surface area contributed by atoms with E-state index in [1.165, 1.54) is 24.1 Å². The lowest BCUT2D eigenvalue weighted by Crippen LogP contribution is -2.51. The number of carbonyl (C=O) groups is 2. The summed E-state index contributed by atoms with van der Waals surface area (Å²) in [5.74, 6) is -0.983. The van der Waals surface area contributed by atoms with Gasteiger partial charge in [0.05, 0.1) is 5.56 Å². The van der Waals surface area contributed by atoms with Crippen LogP contribution >= 0.6 is 0 Å². The van der Waals surface area contributed by atoms with E-state index in [4.69, 9.17) is 0 Å². The van der Waals surface area contributed by atoms with E-state index in [2.05, 4.69) is 5.32 Å². The molecule has 6 heteroatoms. The van der Waals surface area contributed by atoms with Gasteiger partial charge in [-0.05, 0) is 31.4 Å². The molecule has 6 nitrogen and oxygen atoms in total. The fourth-order valence-electron chi connectivity index (χ4n) is 2.47. The lowest BCUT2D eigenvalue weighted by Gasteiger charge is -2.34. The molecule has 108 valence electrons. The van der Waals surface area contributed by atoms with Crippen molar-refractivity contribution in [1.82, 2.24) is 10.2 Å².